The third kappa shape index (κ3) is 4.41. The lowest BCUT2D eigenvalue weighted by molar-refractivity contribution is -0.385. The summed E-state index contributed by atoms with van der Waals surface area (Å²) in [5, 5.41) is 14.3. The van der Waals surface area contributed by atoms with Crippen LogP contribution in [0, 0.1) is 15.5 Å². The first-order chi connectivity index (χ1) is 10.0. The summed E-state index contributed by atoms with van der Waals surface area (Å²) in [7, 11) is 1.51. The molecule has 1 N–H and O–H groups in total. The second-order valence-corrected chi connectivity index (χ2v) is 5.82. The van der Waals surface area contributed by atoms with Gasteiger partial charge in [0.05, 0.1) is 18.1 Å². The molecule has 1 aliphatic heterocycles. The van der Waals surface area contributed by atoms with Gasteiger partial charge in [-0.1, -0.05) is 6.92 Å². The fourth-order valence-electron chi connectivity index (χ4n) is 2.52. The van der Waals surface area contributed by atoms with Gasteiger partial charge in [0.1, 0.15) is 5.75 Å². The van der Waals surface area contributed by atoms with Crippen LogP contribution in [0.2, 0.25) is 0 Å². The molecule has 1 aromatic rings. The van der Waals surface area contributed by atoms with Crippen LogP contribution in [0.4, 0.5) is 5.69 Å². The van der Waals surface area contributed by atoms with Crippen LogP contribution in [0.25, 0.3) is 0 Å². The Morgan fingerprint density at radius 2 is 2.10 bits per heavy atom. The number of nitrogens with one attached hydrogen (secondary N) is 1. The highest BCUT2D eigenvalue weighted by atomic mass is 16.6. The van der Waals surface area contributed by atoms with Gasteiger partial charge in [-0.25, -0.2) is 0 Å². The summed E-state index contributed by atoms with van der Waals surface area (Å²) in [6.45, 7) is 5.33. The summed E-state index contributed by atoms with van der Waals surface area (Å²) in [4.78, 5) is 10.5. The molecule has 0 saturated carbocycles. The van der Waals surface area contributed by atoms with Gasteiger partial charge < -0.3 is 14.8 Å². The molecular weight excluding hydrogens is 272 g/mol. The lowest BCUT2D eigenvalue weighted by Crippen LogP contribution is -2.36. The average Bonchev–Trinajstić information content (AvgIpc) is 2.47. The van der Waals surface area contributed by atoms with E-state index in [0.29, 0.717) is 12.3 Å². The number of methoxy groups -OCH3 is 1. The second kappa shape index (κ2) is 6.87. The van der Waals surface area contributed by atoms with E-state index in [1.165, 1.54) is 13.2 Å². The van der Waals surface area contributed by atoms with E-state index >= 15 is 0 Å². The van der Waals surface area contributed by atoms with Crippen molar-refractivity contribution in [2.75, 3.05) is 26.9 Å². The smallest absolute Gasteiger partial charge is 0.273 e. The highest BCUT2D eigenvalue weighted by Gasteiger charge is 2.26. The largest absolute Gasteiger partial charge is 0.496 e. The van der Waals surface area contributed by atoms with Crippen molar-refractivity contribution >= 4 is 5.69 Å². The molecule has 116 valence electrons. The van der Waals surface area contributed by atoms with Gasteiger partial charge in [-0.3, -0.25) is 10.1 Å². The molecule has 1 fully saturated rings. The summed E-state index contributed by atoms with van der Waals surface area (Å²) < 4.78 is 10.5. The Kier molecular flexibility index (Phi) is 5.14. The van der Waals surface area contributed by atoms with Crippen molar-refractivity contribution in [2.45, 2.75) is 26.3 Å². The molecule has 0 radical (unpaired) electrons. The number of hydrogen-bond acceptors (Lipinski definition) is 5. The van der Waals surface area contributed by atoms with E-state index in [9.17, 15) is 10.1 Å². The SMILES string of the molecule is COc1cc(CNCC2(C)CCOCC2)cc([N+](=O)[O-])c1. The molecule has 0 aromatic heterocycles. The van der Waals surface area contributed by atoms with Gasteiger partial charge in [-0.2, -0.15) is 0 Å². The summed E-state index contributed by atoms with van der Waals surface area (Å²) in [5.74, 6) is 0.512. The van der Waals surface area contributed by atoms with Crippen LogP contribution in [0.3, 0.4) is 0 Å². The summed E-state index contributed by atoms with van der Waals surface area (Å²) in [5.41, 5.74) is 1.16. The minimum atomic E-state index is -0.397. The van der Waals surface area contributed by atoms with Crippen molar-refractivity contribution in [3.63, 3.8) is 0 Å². The first-order valence-electron chi connectivity index (χ1n) is 7.13. The van der Waals surface area contributed by atoms with E-state index in [0.717, 1.165) is 38.2 Å². The molecule has 0 unspecified atom stereocenters. The van der Waals surface area contributed by atoms with Crippen LogP contribution in [0.1, 0.15) is 25.3 Å². The van der Waals surface area contributed by atoms with Crippen LogP contribution < -0.4 is 10.1 Å². The molecule has 6 nitrogen and oxygen atoms in total. The van der Waals surface area contributed by atoms with Crippen LogP contribution >= 0.6 is 0 Å². The topological polar surface area (TPSA) is 73.6 Å². The molecular formula is C15H22N2O4. The van der Waals surface area contributed by atoms with E-state index in [4.69, 9.17) is 9.47 Å². The number of hydrogen-bond donors (Lipinski definition) is 1. The quantitative estimate of drug-likeness (QED) is 0.644. The highest BCUT2D eigenvalue weighted by Crippen LogP contribution is 2.29. The van der Waals surface area contributed by atoms with Crippen LogP contribution in [0.15, 0.2) is 18.2 Å². The Hall–Kier alpha value is -1.66. The highest BCUT2D eigenvalue weighted by molar-refractivity contribution is 5.42. The summed E-state index contributed by atoms with van der Waals surface area (Å²) in [6.07, 6.45) is 2.08. The first-order valence-corrected chi connectivity index (χ1v) is 7.13. The van der Waals surface area contributed by atoms with Gasteiger partial charge in [-0.05, 0) is 29.9 Å². The molecule has 2 rings (SSSR count). The number of benzene rings is 1. The predicted octanol–water partition coefficient (Wildman–Crippen LogP) is 2.51. The molecule has 0 atom stereocenters. The van der Waals surface area contributed by atoms with E-state index in [2.05, 4.69) is 12.2 Å². The van der Waals surface area contributed by atoms with Crippen molar-refractivity contribution in [3.05, 3.63) is 33.9 Å². The number of nitro groups is 1. The minimum absolute atomic E-state index is 0.0587. The molecule has 21 heavy (non-hydrogen) atoms. The third-order valence-corrected chi connectivity index (χ3v) is 3.98. The zero-order chi connectivity index (χ0) is 15.3. The Morgan fingerprint density at radius 3 is 2.71 bits per heavy atom. The lowest BCUT2D eigenvalue weighted by Gasteiger charge is -2.33. The Bertz CT molecular complexity index is 498. The number of rotatable bonds is 6. The minimum Gasteiger partial charge on any atom is -0.496 e. The van der Waals surface area contributed by atoms with Gasteiger partial charge in [0.25, 0.3) is 5.69 Å². The number of non-ortho nitro benzene ring substituents is 1. The monoisotopic (exact) mass is 294 g/mol. The molecule has 1 heterocycles. The van der Waals surface area contributed by atoms with E-state index in [-0.39, 0.29) is 11.1 Å². The van der Waals surface area contributed by atoms with E-state index in [1.807, 2.05) is 6.07 Å². The fourth-order valence-corrected chi connectivity index (χ4v) is 2.52. The van der Waals surface area contributed by atoms with E-state index in [1.54, 1.807) is 6.07 Å². The first kappa shape index (κ1) is 15.7. The molecule has 0 amide bonds. The lowest BCUT2D eigenvalue weighted by atomic mass is 9.82. The maximum Gasteiger partial charge on any atom is 0.273 e. The normalized spacial score (nSPS) is 17.4. The molecule has 1 aliphatic rings. The van der Waals surface area contributed by atoms with Crippen LogP contribution in [-0.2, 0) is 11.3 Å². The van der Waals surface area contributed by atoms with Crippen molar-refractivity contribution in [3.8, 4) is 5.75 Å². The second-order valence-electron chi connectivity index (χ2n) is 5.82. The Balaban J connectivity index is 1.96. The van der Waals surface area contributed by atoms with Gasteiger partial charge >= 0.3 is 0 Å². The van der Waals surface area contributed by atoms with E-state index < -0.39 is 4.92 Å². The van der Waals surface area contributed by atoms with Crippen molar-refractivity contribution in [2.24, 2.45) is 5.41 Å². The standard InChI is InChI=1S/C15H22N2O4/c1-15(3-5-21-6-4-15)11-16-10-12-7-13(17(18)19)9-14(8-12)20-2/h7-9,16H,3-6,10-11H2,1-2H3. The maximum atomic E-state index is 10.9. The molecule has 0 aliphatic carbocycles. The third-order valence-electron chi connectivity index (χ3n) is 3.98. The Labute approximate surface area is 124 Å². The molecule has 6 heteroatoms. The zero-order valence-corrected chi connectivity index (χ0v) is 12.6. The molecule has 1 saturated heterocycles. The van der Waals surface area contributed by atoms with Gasteiger partial charge in [0.15, 0.2) is 0 Å². The van der Waals surface area contributed by atoms with Gasteiger partial charge in [0.2, 0.25) is 0 Å². The number of nitro benzene ring substituents is 1. The predicted molar refractivity (Wildman–Crippen MR) is 79.5 cm³/mol. The summed E-state index contributed by atoms with van der Waals surface area (Å²) in [6, 6.07) is 4.84. The van der Waals surface area contributed by atoms with Gasteiger partial charge in [-0.15, -0.1) is 0 Å². The van der Waals surface area contributed by atoms with Crippen LogP contribution in [-0.4, -0.2) is 31.8 Å². The van der Waals surface area contributed by atoms with Gasteiger partial charge in [0, 0.05) is 32.4 Å². The van der Waals surface area contributed by atoms with Crippen molar-refractivity contribution < 1.29 is 14.4 Å². The fraction of sp³-hybridized carbons (Fsp3) is 0.600. The molecule has 1 aromatic carbocycles. The molecule has 0 spiro atoms. The van der Waals surface area contributed by atoms with Crippen molar-refractivity contribution in [1.29, 1.82) is 0 Å². The summed E-state index contributed by atoms with van der Waals surface area (Å²) >= 11 is 0. The Morgan fingerprint density at radius 1 is 1.38 bits per heavy atom. The van der Waals surface area contributed by atoms with Crippen LogP contribution in [0.5, 0.6) is 5.75 Å². The number of ether oxygens (including phenoxy) is 2. The zero-order valence-electron chi connectivity index (χ0n) is 12.6. The average molecular weight is 294 g/mol. The number of nitrogens with zero attached hydrogens (tertiary/aromatic N) is 1. The molecule has 0 bridgehead atoms. The maximum absolute atomic E-state index is 10.9. The van der Waals surface area contributed by atoms with Crippen molar-refractivity contribution in [1.82, 2.24) is 5.32 Å².